The Hall–Kier alpha value is -2.30. The van der Waals surface area contributed by atoms with Crippen molar-refractivity contribution in [1.82, 2.24) is 14.9 Å². The predicted molar refractivity (Wildman–Crippen MR) is 97.3 cm³/mol. The number of nitrogens with zero attached hydrogens (tertiary/aromatic N) is 2. The molecule has 1 amide bonds. The minimum Gasteiger partial charge on any atom is -0.345 e. The van der Waals surface area contributed by atoms with E-state index in [2.05, 4.69) is 16.9 Å². The number of carbonyl (C=O) groups excluding carboxylic acids is 1. The fourth-order valence-corrected chi connectivity index (χ4v) is 2.96. The third-order valence-electron chi connectivity index (χ3n) is 3.68. The first-order valence-electron chi connectivity index (χ1n) is 7.37. The molecule has 0 aliphatic rings. The maximum Gasteiger partial charge on any atom is 0.243 e. The van der Waals surface area contributed by atoms with Gasteiger partial charge in [0.15, 0.2) is 0 Å². The summed E-state index contributed by atoms with van der Waals surface area (Å²) < 4.78 is 2.04. The van der Waals surface area contributed by atoms with Gasteiger partial charge in [-0.25, -0.2) is 4.98 Å². The Morgan fingerprint density at radius 3 is 2.79 bits per heavy atom. The molecule has 0 fully saturated rings. The smallest absolute Gasteiger partial charge is 0.243 e. The number of amides is 1. The van der Waals surface area contributed by atoms with Gasteiger partial charge in [-0.1, -0.05) is 48.0 Å². The van der Waals surface area contributed by atoms with E-state index in [1.807, 2.05) is 34.9 Å². The van der Waals surface area contributed by atoms with E-state index in [0.29, 0.717) is 23.1 Å². The lowest BCUT2D eigenvalue weighted by Gasteiger charge is -2.11. The van der Waals surface area contributed by atoms with Gasteiger partial charge in [0.2, 0.25) is 5.91 Å². The molecule has 1 heterocycles. The van der Waals surface area contributed by atoms with Gasteiger partial charge in [0.25, 0.3) is 0 Å². The zero-order chi connectivity index (χ0) is 17.1. The molecule has 1 N–H and O–H groups in total. The average Bonchev–Trinajstić information content (AvgIpc) is 2.93. The molecule has 0 radical (unpaired) electrons. The molecule has 3 aromatic rings. The summed E-state index contributed by atoms with van der Waals surface area (Å²) in [5, 5.41) is 3.96. The van der Waals surface area contributed by atoms with Crippen LogP contribution in [0.4, 0.5) is 0 Å². The number of imidazole rings is 1. The van der Waals surface area contributed by atoms with Crippen LogP contribution in [0.5, 0.6) is 0 Å². The topological polar surface area (TPSA) is 46.9 Å². The summed E-state index contributed by atoms with van der Waals surface area (Å²) in [6.07, 6.45) is 1.24. The first kappa shape index (κ1) is 16.6. The number of halogens is 2. The van der Waals surface area contributed by atoms with E-state index in [4.69, 9.17) is 23.2 Å². The number of hydrogen-bond donors (Lipinski definition) is 1. The van der Waals surface area contributed by atoms with Gasteiger partial charge in [-0.3, -0.25) is 4.79 Å². The zero-order valence-electron chi connectivity index (χ0n) is 12.8. The fraction of sp³-hybridized carbons (Fsp3) is 0.111. The Balaban J connectivity index is 2.00. The van der Waals surface area contributed by atoms with Crippen molar-refractivity contribution >= 4 is 40.1 Å². The summed E-state index contributed by atoms with van der Waals surface area (Å²) in [6.45, 7) is 4.30. The molecule has 0 saturated carbocycles. The molecule has 0 aliphatic carbocycles. The van der Waals surface area contributed by atoms with Crippen LogP contribution in [0, 0.1) is 0 Å². The summed E-state index contributed by atoms with van der Waals surface area (Å²) in [6, 6.07) is 13.2. The molecule has 6 heteroatoms. The number of rotatable bonds is 5. The number of carbonyl (C=O) groups is 1. The van der Waals surface area contributed by atoms with Crippen LogP contribution in [0.15, 0.2) is 55.1 Å². The van der Waals surface area contributed by atoms with Crippen LogP contribution in [0.1, 0.15) is 11.4 Å². The number of nitrogens with one attached hydrogen (secondary N) is 1. The maximum atomic E-state index is 11.5. The number of fused-ring (bicyclic) bond motifs is 1. The van der Waals surface area contributed by atoms with Gasteiger partial charge in [0.1, 0.15) is 5.82 Å². The molecule has 0 bridgehead atoms. The van der Waals surface area contributed by atoms with Gasteiger partial charge in [-0.15, -0.1) is 0 Å². The first-order valence-corrected chi connectivity index (χ1v) is 8.12. The third-order valence-corrected chi connectivity index (χ3v) is 4.27. The molecule has 0 aliphatic heterocycles. The van der Waals surface area contributed by atoms with Crippen LogP contribution >= 0.6 is 23.2 Å². The number of aromatic nitrogens is 2. The SMILES string of the molecule is C=CC(=O)NCc1nc2ccccc2n1Cc1ccc(Cl)cc1Cl. The third kappa shape index (κ3) is 3.45. The molecular weight excluding hydrogens is 345 g/mol. The molecule has 4 nitrogen and oxygen atoms in total. The Morgan fingerprint density at radius 1 is 1.25 bits per heavy atom. The molecular formula is C18H15Cl2N3O. The molecule has 0 unspecified atom stereocenters. The van der Waals surface area contributed by atoms with E-state index in [9.17, 15) is 4.79 Å². The van der Waals surface area contributed by atoms with Crippen LogP contribution in [-0.2, 0) is 17.9 Å². The van der Waals surface area contributed by atoms with Crippen LogP contribution in [0.2, 0.25) is 10.0 Å². The van der Waals surface area contributed by atoms with E-state index in [1.165, 1.54) is 6.08 Å². The van der Waals surface area contributed by atoms with Gasteiger partial charge < -0.3 is 9.88 Å². The fourth-order valence-electron chi connectivity index (χ4n) is 2.50. The molecule has 122 valence electrons. The molecule has 3 rings (SSSR count). The standard InChI is InChI=1S/C18H15Cl2N3O/c1-2-18(24)21-10-17-22-15-5-3-4-6-16(15)23(17)11-12-7-8-13(19)9-14(12)20/h2-9H,1,10-11H2,(H,21,24). The first-order chi connectivity index (χ1) is 11.6. The van der Waals surface area contributed by atoms with Crippen molar-refractivity contribution in [3.63, 3.8) is 0 Å². The van der Waals surface area contributed by atoms with E-state index in [-0.39, 0.29) is 5.91 Å². The highest BCUT2D eigenvalue weighted by Crippen LogP contribution is 2.24. The van der Waals surface area contributed by atoms with Gasteiger partial charge in [0.05, 0.1) is 24.1 Å². The normalized spacial score (nSPS) is 10.8. The minimum absolute atomic E-state index is 0.238. The number of hydrogen-bond acceptors (Lipinski definition) is 2. The van der Waals surface area contributed by atoms with Crippen molar-refractivity contribution in [3.8, 4) is 0 Å². The molecule has 2 aromatic carbocycles. The molecule has 0 spiro atoms. The highest BCUT2D eigenvalue weighted by Gasteiger charge is 2.13. The quantitative estimate of drug-likeness (QED) is 0.694. The van der Waals surface area contributed by atoms with E-state index < -0.39 is 0 Å². The number of benzene rings is 2. The van der Waals surface area contributed by atoms with Crippen molar-refractivity contribution in [1.29, 1.82) is 0 Å². The largest absolute Gasteiger partial charge is 0.345 e. The molecule has 0 saturated heterocycles. The Labute approximate surface area is 149 Å². The Morgan fingerprint density at radius 2 is 2.04 bits per heavy atom. The van der Waals surface area contributed by atoms with Crippen molar-refractivity contribution in [2.75, 3.05) is 0 Å². The lowest BCUT2D eigenvalue weighted by molar-refractivity contribution is -0.116. The minimum atomic E-state index is -0.238. The summed E-state index contributed by atoms with van der Waals surface area (Å²) in [7, 11) is 0. The van der Waals surface area contributed by atoms with Crippen molar-refractivity contribution in [3.05, 3.63) is 76.6 Å². The number of para-hydroxylation sites is 2. The van der Waals surface area contributed by atoms with Crippen molar-refractivity contribution < 1.29 is 4.79 Å². The van der Waals surface area contributed by atoms with E-state index in [1.54, 1.807) is 12.1 Å². The van der Waals surface area contributed by atoms with Gasteiger partial charge in [-0.05, 0) is 35.9 Å². The molecule has 24 heavy (non-hydrogen) atoms. The highest BCUT2D eigenvalue weighted by atomic mass is 35.5. The molecule has 0 atom stereocenters. The monoisotopic (exact) mass is 359 g/mol. The zero-order valence-corrected chi connectivity index (χ0v) is 14.3. The summed E-state index contributed by atoms with van der Waals surface area (Å²) in [4.78, 5) is 16.1. The van der Waals surface area contributed by atoms with Crippen molar-refractivity contribution in [2.24, 2.45) is 0 Å². The summed E-state index contributed by atoms with van der Waals surface area (Å²) in [5.41, 5.74) is 2.78. The average molecular weight is 360 g/mol. The van der Waals surface area contributed by atoms with Crippen LogP contribution in [0.3, 0.4) is 0 Å². The van der Waals surface area contributed by atoms with Gasteiger partial charge in [0, 0.05) is 10.0 Å². The van der Waals surface area contributed by atoms with E-state index in [0.717, 1.165) is 22.4 Å². The second-order valence-electron chi connectivity index (χ2n) is 5.26. The van der Waals surface area contributed by atoms with Gasteiger partial charge >= 0.3 is 0 Å². The Kier molecular flexibility index (Phi) is 4.88. The lowest BCUT2D eigenvalue weighted by atomic mass is 10.2. The predicted octanol–water partition coefficient (Wildman–Crippen LogP) is 4.19. The Bertz CT molecular complexity index is 918. The lowest BCUT2D eigenvalue weighted by Crippen LogP contribution is -2.22. The van der Waals surface area contributed by atoms with Crippen LogP contribution in [0.25, 0.3) is 11.0 Å². The van der Waals surface area contributed by atoms with Crippen molar-refractivity contribution in [2.45, 2.75) is 13.1 Å². The second-order valence-corrected chi connectivity index (χ2v) is 6.10. The molecule has 1 aromatic heterocycles. The van der Waals surface area contributed by atoms with E-state index >= 15 is 0 Å². The van der Waals surface area contributed by atoms with Gasteiger partial charge in [-0.2, -0.15) is 0 Å². The summed E-state index contributed by atoms with van der Waals surface area (Å²) in [5.74, 6) is 0.510. The highest BCUT2D eigenvalue weighted by molar-refractivity contribution is 6.35. The second kappa shape index (κ2) is 7.07. The van der Waals surface area contributed by atoms with Crippen LogP contribution < -0.4 is 5.32 Å². The maximum absolute atomic E-state index is 11.5. The summed E-state index contributed by atoms with van der Waals surface area (Å²) >= 11 is 12.3. The van der Waals surface area contributed by atoms with Crippen LogP contribution in [-0.4, -0.2) is 15.5 Å².